The van der Waals surface area contributed by atoms with E-state index < -0.39 is 27.1 Å². The van der Waals surface area contributed by atoms with E-state index in [1.54, 1.807) is 52.0 Å². The molecule has 0 aliphatic heterocycles. The number of nitrogens with zero attached hydrogens (tertiary/aromatic N) is 8. The van der Waals surface area contributed by atoms with E-state index in [0.717, 1.165) is 93.2 Å². The Hall–Kier alpha value is -8.48. The van der Waals surface area contributed by atoms with Crippen molar-refractivity contribution in [2.75, 3.05) is 13.4 Å². The molecule has 0 atom stereocenters. The molecule has 13 rings (SSSR count). The van der Waals surface area contributed by atoms with E-state index in [0.29, 0.717) is 96.3 Å². The van der Waals surface area contributed by atoms with E-state index in [-0.39, 0.29) is 52.9 Å². The second kappa shape index (κ2) is 24.5. The van der Waals surface area contributed by atoms with E-state index in [2.05, 4.69) is 40.6 Å². The third-order valence-corrected chi connectivity index (χ3v) is 14.1. The highest BCUT2D eigenvalue weighted by Crippen LogP contribution is 2.43. The summed E-state index contributed by atoms with van der Waals surface area (Å²) in [4.78, 5) is 101. The Morgan fingerprint density at radius 2 is 0.914 bits per heavy atom. The number of esters is 1. The summed E-state index contributed by atoms with van der Waals surface area (Å²) in [5, 5.41) is 26.1. The number of sulfonamides is 1. The van der Waals surface area contributed by atoms with Crippen LogP contribution in [0.1, 0.15) is 188 Å². The summed E-state index contributed by atoms with van der Waals surface area (Å²) in [6, 6.07) is 6.84. The predicted octanol–water partition coefficient (Wildman–Crippen LogP) is 8.55. The van der Waals surface area contributed by atoms with Gasteiger partial charge in [0.25, 0.3) is 34.0 Å². The maximum Gasteiger partial charge on any atom is 0.373 e. The molecule has 0 spiro atoms. The Labute approximate surface area is 465 Å². The SMILES string of the molecule is CC(=O)CC(=O)C1CC1.COC(=O)c1cc(C2CC2)nc2onc(C)c12.Cc1noc2nc(C3CC3)cc(C(=O)Cl)c12.Cc1noc2nc(C3CC3)cc(C(=O)NS(C)(=O)=O)c12.Cc1noc2nc(C3CC3)cc(C(=O)O)c12.O=C=O. The third-order valence-electron chi connectivity index (χ3n) is 13.4. The zero-order chi connectivity index (χ0) is 58.6. The third kappa shape index (κ3) is 14.7. The Bertz CT molecular complexity index is 3830. The smallest absolute Gasteiger partial charge is 0.373 e. The molecule has 8 heterocycles. The maximum atomic E-state index is 12.1. The number of Topliss-reactive ketones (excluding diaryl/α,β-unsaturated/α-hetero) is 2. The Morgan fingerprint density at radius 3 is 1.22 bits per heavy atom. The van der Waals surface area contributed by atoms with Gasteiger partial charge in [0.05, 0.1) is 86.4 Å². The summed E-state index contributed by atoms with van der Waals surface area (Å²) in [6.45, 7) is 8.42. The van der Waals surface area contributed by atoms with Crippen LogP contribution < -0.4 is 4.72 Å². The maximum absolute atomic E-state index is 12.1. The molecule has 5 aliphatic carbocycles. The second-order valence-corrected chi connectivity index (χ2v) is 22.3. The quantitative estimate of drug-likeness (QED) is 0.0657. The van der Waals surface area contributed by atoms with Crippen molar-refractivity contribution in [3.8, 4) is 0 Å². The molecule has 5 aliphatic rings. The van der Waals surface area contributed by atoms with Crippen LogP contribution in [0.4, 0.5) is 0 Å². The van der Waals surface area contributed by atoms with Crippen LogP contribution in [-0.4, -0.2) is 108 Å². The van der Waals surface area contributed by atoms with Gasteiger partial charge >= 0.3 is 18.1 Å². The van der Waals surface area contributed by atoms with E-state index in [4.69, 9.17) is 49.1 Å². The number of carbonyl (C=O) groups excluding carboxylic acids is 7. The first-order chi connectivity index (χ1) is 38.5. The minimum atomic E-state index is -3.62. The summed E-state index contributed by atoms with van der Waals surface area (Å²) >= 11 is 5.57. The largest absolute Gasteiger partial charge is 0.478 e. The van der Waals surface area contributed by atoms with Crippen molar-refractivity contribution >= 4 is 107 Å². The van der Waals surface area contributed by atoms with Gasteiger partial charge in [-0.3, -0.25) is 19.2 Å². The molecule has 0 unspecified atom stereocenters. The lowest BCUT2D eigenvalue weighted by molar-refractivity contribution is -0.191. The number of aromatic nitrogens is 8. The Balaban J connectivity index is 0.000000133. The van der Waals surface area contributed by atoms with Crippen molar-refractivity contribution in [1.29, 1.82) is 0 Å². The van der Waals surface area contributed by atoms with Crippen molar-refractivity contribution in [2.45, 2.75) is 129 Å². The average Bonchev–Trinajstić information content (AvgIpc) is 4.26. The number of ether oxygens (including phenoxy) is 1. The zero-order valence-electron chi connectivity index (χ0n) is 44.9. The molecule has 5 fully saturated rings. The summed E-state index contributed by atoms with van der Waals surface area (Å²) in [5.41, 5.74) is 8.58. The first-order valence-corrected chi connectivity index (χ1v) is 27.9. The fourth-order valence-corrected chi connectivity index (χ4v) is 9.20. The second-order valence-electron chi connectivity index (χ2n) is 20.2. The van der Waals surface area contributed by atoms with Gasteiger partial charge in [0.1, 0.15) is 11.6 Å². The van der Waals surface area contributed by atoms with Crippen LogP contribution in [-0.2, 0) is 33.9 Å². The van der Waals surface area contributed by atoms with E-state index in [9.17, 15) is 37.2 Å². The van der Waals surface area contributed by atoms with Gasteiger partial charge in [0.2, 0.25) is 10.0 Å². The molecule has 1 amide bonds. The lowest BCUT2D eigenvalue weighted by Gasteiger charge is -2.06. The molecule has 0 bridgehead atoms. The summed E-state index contributed by atoms with van der Waals surface area (Å²) in [5.74, 6) is -0.0251. The van der Waals surface area contributed by atoms with Gasteiger partial charge in [0.15, 0.2) is 0 Å². The number of carboxylic acids is 1. The summed E-state index contributed by atoms with van der Waals surface area (Å²) in [6.07, 6.45) is 12.0. The van der Waals surface area contributed by atoms with Crippen LogP contribution in [0.15, 0.2) is 42.4 Å². The Kier molecular flexibility index (Phi) is 17.7. The number of amides is 1. The molecule has 2 N–H and O–H groups in total. The van der Waals surface area contributed by atoms with Gasteiger partial charge < -0.3 is 27.9 Å². The molecule has 0 saturated heterocycles. The highest BCUT2D eigenvalue weighted by atomic mass is 35.5. The number of carbonyl (C=O) groups is 6. The highest BCUT2D eigenvalue weighted by molar-refractivity contribution is 7.89. The van der Waals surface area contributed by atoms with Crippen LogP contribution >= 0.6 is 11.6 Å². The summed E-state index contributed by atoms with van der Waals surface area (Å²) in [7, 11) is -2.26. The van der Waals surface area contributed by atoms with Crippen LogP contribution in [0.25, 0.3) is 44.4 Å². The lowest BCUT2D eigenvalue weighted by atomic mass is 10.1. The van der Waals surface area contributed by atoms with Gasteiger partial charge in [0, 0.05) is 52.4 Å². The number of carboxylic acid groups (broad SMARTS) is 1. The van der Waals surface area contributed by atoms with Crippen LogP contribution in [0.3, 0.4) is 0 Å². The number of pyridine rings is 4. The van der Waals surface area contributed by atoms with Crippen molar-refractivity contribution in [2.24, 2.45) is 5.92 Å². The number of aromatic carboxylic acids is 1. The fraction of sp³-hybridized carbons (Fsp3) is 0.426. The molecule has 424 valence electrons. The average molecular weight is 1150 g/mol. The van der Waals surface area contributed by atoms with Crippen LogP contribution in [0.2, 0.25) is 0 Å². The van der Waals surface area contributed by atoms with Gasteiger partial charge in [-0.25, -0.2) is 42.7 Å². The number of hydrogen-bond donors (Lipinski definition) is 2. The highest BCUT2D eigenvalue weighted by Gasteiger charge is 2.33. The van der Waals surface area contributed by atoms with Gasteiger partial charge in [-0.05, 0) is 135 Å². The van der Waals surface area contributed by atoms with Gasteiger partial charge in [-0.2, -0.15) is 9.59 Å². The minimum absolute atomic E-state index is 0.00750. The first kappa shape index (κ1) is 58.7. The topological polar surface area (TPSA) is 368 Å². The van der Waals surface area contributed by atoms with E-state index in [1.807, 2.05) is 4.72 Å². The van der Waals surface area contributed by atoms with Gasteiger partial charge in [-0.1, -0.05) is 20.6 Å². The number of rotatable bonds is 12. The van der Waals surface area contributed by atoms with Gasteiger partial charge in [-0.15, -0.1) is 0 Å². The number of fused-ring (bicyclic) bond motifs is 4. The van der Waals surface area contributed by atoms with Crippen molar-refractivity contribution in [3.05, 3.63) is 92.1 Å². The standard InChI is InChI=1S/C12H13N3O4S.C12H12N2O3.C11H9ClN2O2.C11H10N2O3.C7H10O2.CO2/c1-6-10-8(11(16)15-20(2,17)18)5-9(7-3-4-7)13-12(10)19-14-6;1-6-10-8(12(15)16-2)5-9(7-3-4-7)13-11(10)17-14-6;1-5-9-7(10(12)15)4-8(6-2-3-6)13-11(9)16-14-5;1-5-9-7(11(14)15)4-8(6-2-3-6)12-10(9)16-13-5;1-5(8)4-7(9)6-2-3-6;2-1-3/h5,7H,3-4H2,1-2H3,(H,15,16);5,7H,3-4H2,1-2H3;4,6H,2-3H2,1H3;4,6H,2-3H2,1H3,(H,14,15);6H,2-4H2,1H3;. The number of ketones is 2. The normalized spacial score (nSPS) is 15.2. The zero-order valence-corrected chi connectivity index (χ0v) is 46.5. The minimum Gasteiger partial charge on any atom is -0.478 e. The molecule has 81 heavy (non-hydrogen) atoms. The van der Waals surface area contributed by atoms with E-state index in [1.165, 1.54) is 14.0 Å². The van der Waals surface area contributed by atoms with Crippen molar-refractivity contribution in [1.82, 2.24) is 45.3 Å². The molecule has 0 radical (unpaired) electrons. The molecule has 0 aromatic carbocycles. The molecule has 27 heteroatoms. The number of aryl methyl sites for hydroxylation is 4. The lowest BCUT2D eigenvalue weighted by Crippen LogP contribution is -2.29. The molecular formula is C54H54ClN9O16S. The van der Waals surface area contributed by atoms with Crippen LogP contribution in [0, 0.1) is 33.6 Å². The number of methoxy groups -OCH3 is 1. The molecule has 25 nitrogen and oxygen atoms in total. The van der Waals surface area contributed by atoms with E-state index >= 15 is 0 Å². The van der Waals surface area contributed by atoms with Crippen molar-refractivity contribution < 1.29 is 74.7 Å². The molecular weight excluding hydrogens is 1100 g/mol. The van der Waals surface area contributed by atoms with Crippen LogP contribution in [0.5, 0.6) is 0 Å². The fourth-order valence-electron chi connectivity index (χ4n) is 8.60. The van der Waals surface area contributed by atoms with Crippen molar-refractivity contribution in [3.63, 3.8) is 0 Å². The number of halogens is 1. The summed E-state index contributed by atoms with van der Waals surface area (Å²) < 4.78 is 49.5. The molecule has 8 aromatic rings. The molecule has 5 saturated carbocycles. The monoisotopic (exact) mass is 1150 g/mol. The first-order valence-electron chi connectivity index (χ1n) is 25.6. The molecule has 8 aromatic heterocycles. The number of hydrogen-bond acceptors (Lipinski definition) is 23. The predicted molar refractivity (Wildman–Crippen MR) is 283 cm³/mol. The Morgan fingerprint density at radius 1 is 0.593 bits per heavy atom. The number of nitrogens with one attached hydrogen (secondary N) is 1.